The highest BCUT2D eigenvalue weighted by molar-refractivity contribution is 6.03. The van der Waals surface area contributed by atoms with Gasteiger partial charge in [0.2, 0.25) is 0 Å². The Balaban J connectivity index is 1.86. The first-order chi connectivity index (χ1) is 14.4. The summed E-state index contributed by atoms with van der Waals surface area (Å²) in [4.78, 5) is 21.9. The first-order valence-electron chi connectivity index (χ1n) is 9.07. The second-order valence-corrected chi connectivity index (χ2v) is 6.70. The number of aliphatic hydroxyl groups excluding tert-OH is 1. The molecular weight excluding hydrogens is 386 g/mol. The first kappa shape index (κ1) is 19.2. The van der Waals surface area contributed by atoms with Crippen LogP contribution < -0.4 is 10.6 Å². The van der Waals surface area contributed by atoms with Gasteiger partial charge in [-0.25, -0.2) is 4.79 Å². The van der Waals surface area contributed by atoms with E-state index in [1.807, 2.05) is 30.3 Å². The molecule has 8 nitrogen and oxygen atoms in total. The molecule has 1 unspecified atom stereocenters. The van der Waals surface area contributed by atoms with Crippen molar-refractivity contribution in [3.8, 4) is 0 Å². The van der Waals surface area contributed by atoms with E-state index in [4.69, 9.17) is 5.11 Å². The van der Waals surface area contributed by atoms with Crippen LogP contribution in [0.15, 0.2) is 72.8 Å². The Hall–Kier alpha value is -4.17. The van der Waals surface area contributed by atoms with Crippen LogP contribution >= 0.6 is 0 Å². The topological polar surface area (TPSA) is 125 Å². The van der Waals surface area contributed by atoms with E-state index in [2.05, 4.69) is 10.6 Å². The minimum absolute atomic E-state index is 0.0830. The molecular formula is C22H17N3O5. The molecule has 3 aromatic carbocycles. The van der Waals surface area contributed by atoms with Gasteiger partial charge in [0.1, 0.15) is 0 Å². The van der Waals surface area contributed by atoms with Gasteiger partial charge in [-0.1, -0.05) is 30.3 Å². The van der Waals surface area contributed by atoms with E-state index in [1.165, 1.54) is 24.3 Å². The number of nitrogens with one attached hydrogen (secondary N) is 2. The summed E-state index contributed by atoms with van der Waals surface area (Å²) in [5.74, 6) is -1.03. The van der Waals surface area contributed by atoms with Crippen LogP contribution in [-0.2, 0) is 0 Å². The number of non-ortho nitro benzene ring substituents is 1. The Morgan fingerprint density at radius 3 is 2.33 bits per heavy atom. The van der Waals surface area contributed by atoms with Crippen molar-refractivity contribution in [3.05, 3.63) is 99.6 Å². The fraction of sp³-hybridized carbons (Fsp3) is 0.0455. The zero-order valence-electron chi connectivity index (χ0n) is 15.6. The van der Waals surface area contributed by atoms with Crippen LogP contribution in [0.2, 0.25) is 0 Å². The number of hydrogen-bond acceptors (Lipinski definition) is 6. The molecule has 1 heterocycles. The fourth-order valence-corrected chi connectivity index (χ4v) is 3.37. The highest BCUT2D eigenvalue weighted by atomic mass is 16.6. The van der Waals surface area contributed by atoms with Crippen molar-refractivity contribution in [2.45, 2.75) is 6.23 Å². The van der Waals surface area contributed by atoms with Gasteiger partial charge in [-0.05, 0) is 35.9 Å². The summed E-state index contributed by atoms with van der Waals surface area (Å²) in [7, 11) is 0. The van der Waals surface area contributed by atoms with E-state index >= 15 is 0 Å². The largest absolute Gasteiger partial charge is 0.478 e. The Morgan fingerprint density at radius 2 is 1.70 bits per heavy atom. The Morgan fingerprint density at radius 1 is 1.00 bits per heavy atom. The molecule has 0 saturated heterocycles. The van der Waals surface area contributed by atoms with Crippen molar-refractivity contribution in [2.75, 3.05) is 10.6 Å². The summed E-state index contributed by atoms with van der Waals surface area (Å²) in [6.45, 7) is 0. The first-order valence-corrected chi connectivity index (χ1v) is 9.07. The van der Waals surface area contributed by atoms with Crippen molar-refractivity contribution in [2.24, 2.45) is 0 Å². The van der Waals surface area contributed by atoms with Crippen molar-refractivity contribution >= 4 is 34.3 Å². The molecule has 1 aliphatic heterocycles. The summed E-state index contributed by atoms with van der Waals surface area (Å²) in [5, 5.41) is 37.2. The van der Waals surface area contributed by atoms with Gasteiger partial charge in [0.15, 0.2) is 6.23 Å². The molecule has 4 rings (SSSR count). The summed E-state index contributed by atoms with van der Waals surface area (Å²) in [6.07, 6.45) is -1.08. The lowest BCUT2D eigenvalue weighted by atomic mass is 9.99. The molecule has 0 aromatic heterocycles. The number of nitro benzene ring substituents is 1. The molecule has 0 bridgehead atoms. The zero-order valence-corrected chi connectivity index (χ0v) is 15.6. The van der Waals surface area contributed by atoms with Crippen molar-refractivity contribution in [1.29, 1.82) is 0 Å². The quantitative estimate of drug-likeness (QED) is 0.375. The van der Waals surface area contributed by atoms with E-state index in [-0.39, 0.29) is 11.3 Å². The number of nitro groups is 1. The van der Waals surface area contributed by atoms with Gasteiger partial charge in [-0.3, -0.25) is 10.1 Å². The van der Waals surface area contributed by atoms with Gasteiger partial charge in [0, 0.05) is 34.6 Å². The predicted octanol–water partition coefficient (Wildman–Crippen LogP) is 4.02. The smallest absolute Gasteiger partial charge is 0.335 e. The molecule has 0 spiro atoms. The molecule has 0 saturated carbocycles. The maximum absolute atomic E-state index is 11.2. The van der Waals surface area contributed by atoms with Gasteiger partial charge < -0.3 is 20.8 Å². The monoisotopic (exact) mass is 403 g/mol. The van der Waals surface area contributed by atoms with Crippen LogP contribution in [0.25, 0.3) is 11.3 Å². The number of benzene rings is 3. The second-order valence-electron chi connectivity index (χ2n) is 6.70. The number of rotatable bonds is 5. The highest BCUT2D eigenvalue weighted by Gasteiger charge is 2.30. The fourth-order valence-electron chi connectivity index (χ4n) is 3.37. The maximum Gasteiger partial charge on any atom is 0.335 e. The summed E-state index contributed by atoms with van der Waals surface area (Å²) < 4.78 is 0. The average Bonchev–Trinajstić information content (AvgIpc) is 3.07. The van der Waals surface area contributed by atoms with Crippen molar-refractivity contribution in [1.82, 2.24) is 0 Å². The molecule has 1 atom stereocenters. The number of hydrogen-bond donors (Lipinski definition) is 4. The molecule has 4 N–H and O–H groups in total. The minimum atomic E-state index is -1.08. The third-order valence-electron chi connectivity index (χ3n) is 4.80. The Bertz CT molecular complexity index is 1160. The lowest BCUT2D eigenvalue weighted by molar-refractivity contribution is -0.384. The SMILES string of the molecule is O=C(O)c1ccc(N/C(=C2/c3cc([N+](=O)[O-])ccc3NC2O)c2ccccc2)cc1. The summed E-state index contributed by atoms with van der Waals surface area (Å²) in [5.41, 5.74) is 3.55. The molecule has 30 heavy (non-hydrogen) atoms. The van der Waals surface area contributed by atoms with E-state index in [0.29, 0.717) is 28.2 Å². The second kappa shape index (κ2) is 7.69. The number of carboxylic acid groups (broad SMARTS) is 1. The van der Waals surface area contributed by atoms with E-state index in [9.17, 15) is 20.0 Å². The van der Waals surface area contributed by atoms with Crippen LogP contribution in [-0.4, -0.2) is 27.3 Å². The molecule has 0 amide bonds. The maximum atomic E-state index is 11.2. The van der Waals surface area contributed by atoms with Crippen LogP contribution in [0.4, 0.5) is 17.1 Å². The number of fused-ring (bicyclic) bond motifs is 1. The highest BCUT2D eigenvalue weighted by Crippen LogP contribution is 2.41. The van der Waals surface area contributed by atoms with Crippen molar-refractivity contribution in [3.63, 3.8) is 0 Å². The Labute approximate surface area is 171 Å². The number of anilines is 2. The standard InChI is InChI=1S/C22H17N3O5/c26-21-19(17-12-16(25(29)30)10-11-18(17)24-21)20(13-4-2-1-3-5-13)23-15-8-6-14(7-9-15)22(27)28/h1-12,21,23-24,26H,(H,27,28)/b20-19-. The van der Waals surface area contributed by atoms with Crippen LogP contribution in [0.3, 0.4) is 0 Å². The number of carboxylic acids is 1. The molecule has 150 valence electrons. The zero-order chi connectivity index (χ0) is 21.3. The van der Waals surface area contributed by atoms with Crippen molar-refractivity contribution < 1.29 is 19.9 Å². The number of nitrogens with zero attached hydrogens (tertiary/aromatic N) is 1. The minimum Gasteiger partial charge on any atom is -0.478 e. The van der Waals surface area contributed by atoms with Crippen LogP contribution in [0, 0.1) is 10.1 Å². The molecule has 8 heteroatoms. The van der Waals surface area contributed by atoms with Gasteiger partial charge in [0.05, 0.1) is 16.2 Å². The van der Waals surface area contributed by atoms with Gasteiger partial charge in [-0.15, -0.1) is 0 Å². The molecule has 0 aliphatic carbocycles. The Kier molecular flexibility index (Phi) is 4.91. The van der Waals surface area contributed by atoms with E-state index in [0.717, 1.165) is 5.56 Å². The lowest BCUT2D eigenvalue weighted by Gasteiger charge is -2.17. The molecule has 3 aromatic rings. The summed E-state index contributed by atoms with van der Waals surface area (Å²) >= 11 is 0. The van der Waals surface area contributed by atoms with E-state index < -0.39 is 17.1 Å². The third-order valence-corrected chi connectivity index (χ3v) is 4.80. The van der Waals surface area contributed by atoms with E-state index in [1.54, 1.807) is 18.2 Å². The van der Waals surface area contributed by atoms with Crippen LogP contribution in [0.5, 0.6) is 0 Å². The lowest BCUT2D eigenvalue weighted by Crippen LogP contribution is -2.16. The predicted molar refractivity (Wildman–Crippen MR) is 113 cm³/mol. The molecule has 0 radical (unpaired) electrons. The number of aromatic carboxylic acids is 1. The number of aliphatic hydroxyl groups is 1. The van der Waals surface area contributed by atoms with Crippen LogP contribution in [0.1, 0.15) is 21.5 Å². The van der Waals surface area contributed by atoms with Gasteiger partial charge >= 0.3 is 5.97 Å². The third kappa shape index (κ3) is 3.59. The normalized spacial score (nSPS) is 16.4. The van der Waals surface area contributed by atoms with Gasteiger partial charge in [0.25, 0.3) is 5.69 Å². The van der Waals surface area contributed by atoms with Gasteiger partial charge in [-0.2, -0.15) is 0 Å². The molecule has 1 aliphatic rings. The summed E-state index contributed by atoms with van der Waals surface area (Å²) in [6, 6.07) is 19.8. The average molecular weight is 403 g/mol. The molecule has 0 fully saturated rings. The number of carbonyl (C=O) groups is 1.